The van der Waals surface area contributed by atoms with E-state index in [2.05, 4.69) is 15.9 Å². The fraction of sp³-hybridized carbons (Fsp3) is 0.455. The largest absolute Gasteiger partial charge is 0.435 e. The van der Waals surface area contributed by atoms with Gasteiger partial charge in [-0.15, -0.1) is 0 Å². The summed E-state index contributed by atoms with van der Waals surface area (Å²) in [5.41, 5.74) is -10.6. The molecule has 11 heteroatoms. The van der Waals surface area contributed by atoms with E-state index in [-0.39, 0.29) is 6.07 Å². The second-order valence-electron chi connectivity index (χ2n) is 4.28. The smallest absolute Gasteiger partial charge is 0.218 e. The van der Waals surface area contributed by atoms with Crippen molar-refractivity contribution in [2.24, 2.45) is 0 Å². The molecule has 0 saturated heterocycles. The predicted octanol–water partition coefficient (Wildman–Crippen LogP) is 6.07. The third-order valence-electron chi connectivity index (χ3n) is 2.83. The summed E-state index contributed by atoms with van der Waals surface area (Å²) >= 11 is 2.41. The minimum absolute atomic E-state index is 0.0333. The number of rotatable bonds is 1. The first kappa shape index (κ1) is 19.0. The molecule has 0 aromatic heterocycles. The normalized spacial score (nSPS) is 14.4. The van der Waals surface area contributed by atoms with Crippen LogP contribution in [-0.2, 0) is 11.8 Å². The molecule has 0 nitrogen and oxygen atoms in total. The highest BCUT2D eigenvalue weighted by molar-refractivity contribution is 9.10. The van der Waals surface area contributed by atoms with Crippen molar-refractivity contribution in [2.45, 2.75) is 31.1 Å². The molecule has 1 rings (SSSR count). The number of alkyl halides is 10. The van der Waals surface area contributed by atoms with E-state index in [0.29, 0.717) is 0 Å². The minimum atomic E-state index is -6.48. The van der Waals surface area contributed by atoms with Crippen LogP contribution in [0.2, 0.25) is 0 Å². The molecule has 0 saturated carbocycles. The van der Waals surface area contributed by atoms with Crippen LogP contribution in [0.5, 0.6) is 0 Å². The van der Waals surface area contributed by atoms with Crippen LogP contribution in [0.4, 0.5) is 43.9 Å². The molecule has 0 unspecified atom stereocenters. The van der Waals surface area contributed by atoms with Crippen molar-refractivity contribution in [1.29, 1.82) is 0 Å². The van der Waals surface area contributed by atoms with E-state index in [1.807, 2.05) is 0 Å². The van der Waals surface area contributed by atoms with Crippen LogP contribution in [-0.4, -0.2) is 12.4 Å². The molecule has 1 aromatic carbocycles. The maximum atomic E-state index is 13.8. The van der Waals surface area contributed by atoms with Crippen molar-refractivity contribution in [3.8, 4) is 0 Å². The highest BCUT2D eigenvalue weighted by atomic mass is 79.9. The molecule has 0 amide bonds. The van der Waals surface area contributed by atoms with Gasteiger partial charge in [0, 0.05) is 10.0 Å². The first-order valence-electron chi connectivity index (χ1n) is 5.23. The summed E-state index contributed by atoms with van der Waals surface area (Å²) in [6.07, 6.45) is -18.2. The maximum Gasteiger partial charge on any atom is 0.435 e. The van der Waals surface area contributed by atoms with Gasteiger partial charge >= 0.3 is 24.2 Å². The summed E-state index contributed by atoms with van der Waals surface area (Å²) in [7, 11) is 0. The highest BCUT2D eigenvalue weighted by Gasteiger charge is 2.73. The second kappa shape index (κ2) is 5.27. The third-order valence-corrected chi connectivity index (χ3v) is 3.65. The van der Waals surface area contributed by atoms with E-state index < -0.39 is 51.4 Å². The summed E-state index contributed by atoms with van der Waals surface area (Å²) in [5, 5.41) is 0. The monoisotopic (exact) mass is 406 g/mol. The minimum Gasteiger partial charge on any atom is -0.218 e. The zero-order valence-corrected chi connectivity index (χ0v) is 11.9. The van der Waals surface area contributed by atoms with Crippen molar-refractivity contribution in [3.63, 3.8) is 0 Å². The Morgan fingerprint density at radius 3 is 1.50 bits per heavy atom. The average molecular weight is 407 g/mol. The average Bonchev–Trinajstić information content (AvgIpc) is 2.26. The lowest BCUT2D eigenvalue weighted by molar-refractivity contribution is -0.348. The van der Waals surface area contributed by atoms with Gasteiger partial charge < -0.3 is 0 Å². The third kappa shape index (κ3) is 3.04. The molecule has 1 aromatic rings. The first-order valence-corrected chi connectivity index (χ1v) is 6.03. The van der Waals surface area contributed by atoms with E-state index in [0.717, 1.165) is 6.92 Å². The van der Waals surface area contributed by atoms with Gasteiger partial charge in [0.25, 0.3) is 0 Å². The van der Waals surface area contributed by atoms with Crippen LogP contribution in [0.3, 0.4) is 0 Å². The lowest BCUT2D eigenvalue weighted by Crippen LogP contribution is -2.50. The highest BCUT2D eigenvalue weighted by Crippen LogP contribution is 2.54. The van der Waals surface area contributed by atoms with Crippen LogP contribution >= 0.6 is 15.9 Å². The molecule has 126 valence electrons. The Labute approximate surface area is 125 Å². The predicted molar refractivity (Wildman–Crippen MR) is 58.8 cm³/mol. The van der Waals surface area contributed by atoms with Gasteiger partial charge in [-0.2, -0.15) is 39.5 Å². The van der Waals surface area contributed by atoms with E-state index in [1.165, 1.54) is 0 Å². The van der Waals surface area contributed by atoms with Gasteiger partial charge in [-0.05, 0) is 24.6 Å². The van der Waals surface area contributed by atoms with Crippen molar-refractivity contribution in [1.82, 2.24) is 0 Å². The molecule has 0 fully saturated rings. The Morgan fingerprint density at radius 1 is 0.773 bits per heavy atom. The molecular weight excluding hydrogens is 402 g/mol. The maximum absolute atomic E-state index is 13.8. The molecule has 22 heavy (non-hydrogen) atoms. The second-order valence-corrected chi connectivity index (χ2v) is 5.14. The van der Waals surface area contributed by atoms with Crippen molar-refractivity contribution in [2.75, 3.05) is 0 Å². The molecule has 0 aliphatic heterocycles. The fourth-order valence-electron chi connectivity index (χ4n) is 1.66. The molecule has 0 aliphatic rings. The first-order chi connectivity index (χ1) is 9.53. The summed E-state index contributed by atoms with van der Waals surface area (Å²) in [4.78, 5) is 0. The Hall–Kier alpha value is -1.00. The van der Waals surface area contributed by atoms with Gasteiger partial charge in [-0.3, -0.25) is 0 Å². The summed E-state index contributed by atoms with van der Waals surface area (Å²) in [5.74, 6) is 0. The molecule has 0 N–H and O–H groups in total. The number of hydrogen-bond donors (Lipinski definition) is 0. The van der Waals surface area contributed by atoms with Crippen molar-refractivity contribution >= 4 is 15.9 Å². The van der Waals surface area contributed by atoms with Crippen LogP contribution < -0.4 is 0 Å². The molecule has 0 heterocycles. The SMILES string of the molecule is Cc1c(Br)cc(C(F)(C(F)(F)F)C(F)(F)F)cc1C(F)(F)F. The molecule has 0 aliphatic carbocycles. The van der Waals surface area contributed by atoms with Gasteiger partial charge in [0.05, 0.1) is 5.56 Å². The van der Waals surface area contributed by atoms with Gasteiger partial charge in [-0.1, -0.05) is 15.9 Å². The lowest BCUT2D eigenvalue weighted by Gasteiger charge is -2.31. The molecule has 0 spiro atoms. The molecular formula is C11H5BrF10. The molecule has 0 bridgehead atoms. The Bertz CT molecular complexity index is 552. The zero-order chi connectivity index (χ0) is 17.7. The van der Waals surface area contributed by atoms with Crippen LogP contribution in [0.25, 0.3) is 0 Å². The van der Waals surface area contributed by atoms with E-state index in [4.69, 9.17) is 0 Å². The summed E-state index contributed by atoms with van der Waals surface area (Å²) in [6.45, 7) is 0.817. The number of halogens is 11. The van der Waals surface area contributed by atoms with E-state index >= 15 is 0 Å². The van der Waals surface area contributed by atoms with Crippen LogP contribution in [0.15, 0.2) is 16.6 Å². The number of benzene rings is 1. The Kier molecular flexibility index (Phi) is 4.57. The van der Waals surface area contributed by atoms with Crippen LogP contribution in [0, 0.1) is 6.92 Å². The van der Waals surface area contributed by atoms with E-state index in [9.17, 15) is 43.9 Å². The van der Waals surface area contributed by atoms with Gasteiger partial charge in [0.15, 0.2) is 0 Å². The van der Waals surface area contributed by atoms with Gasteiger partial charge in [0.2, 0.25) is 0 Å². The van der Waals surface area contributed by atoms with Crippen molar-refractivity contribution in [3.05, 3.63) is 33.3 Å². The Balaban J connectivity index is 3.78. The Morgan fingerprint density at radius 2 is 1.18 bits per heavy atom. The quantitative estimate of drug-likeness (QED) is 0.497. The van der Waals surface area contributed by atoms with Crippen LogP contribution in [0.1, 0.15) is 16.7 Å². The fourth-order valence-corrected chi connectivity index (χ4v) is 2.12. The molecule has 0 atom stereocenters. The lowest BCUT2D eigenvalue weighted by atomic mass is 9.91. The van der Waals surface area contributed by atoms with Gasteiger partial charge in [0.1, 0.15) is 0 Å². The van der Waals surface area contributed by atoms with E-state index in [1.54, 1.807) is 0 Å². The summed E-state index contributed by atoms with van der Waals surface area (Å²) < 4.78 is 126. The standard InChI is InChI=1S/C11H5BrF10/c1-4-6(9(14,15)16)2-5(3-7(4)12)8(13,10(17,18)19)11(20,21)22/h2-3H,1H3. The number of hydrogen-bond acceptors (Lipinski definition) is 0. The zero-order valence-electron chi connectivity index (χ0n) is 10.3. The summed E-state index contributed by atoms with van der Waals surface area (Å²) in [6, 6.07) is -0.452. The van der Waals surface area contributed by atoms with Crippen molar-refractivity contribution < 1.29 is 43.9 Å². The topological polar surface area (TPSA) is 0 Å². The van der Waals surface area contributed by atoms with Gasteiger partial charge in [-0.25, -0.2) is 4.39 Å². The molecule has 0 radical (unpaired) electrons.